The minimum Gasteiger partial charge on any atom is -0.265 e. The van der Waals surface area contributed by atoms with Crippen LogP contribution in [0.25, 0.3) is 0 Å². The molecule has 7 nitrogen and oxygen atoms in total. The Kier molecular flexibility index (Phi) is 5.00. The van der Waals surface area contributed by atoms with E-state index in [1.54, 1.807) is 51.4 Å². The van der Waals surface area contributed by atoms with Gasteiger partial charge in [-0.3, -0.25) is 15.1 Å². The van der Waals surface area contributed by atoms with E-state index in [4.69, 9.17) is 0 Å². The van der Waals surface area contributed by atoms with Gasteiger partial charge in [0.2, 0.25) is 10.0 Å². The molecule has 1 heterocycles. The Morgan fingerprint density at radius 1 is 1.17 bits per heavy atom. The molecule has 2 rings (SSSR count). The van der Waals surface area contributed by atoms with Crippen molar-refractivity contribution in [2.24, 2.45) is 0 Å². The summed E-state index contributed by atoms with van der Waals surface area (Å²) in [6.45, 7) is 5.04. The summed E-state index contributed by atoms with van der Waals surface area (Å²) in [6, 6.07) is 5.74. The van der Waals surface area contributed by atoms with Gasteiger partial charge >= 0.3 is 0 Å². The van der Waals surface area contributed by atoms with Crippen molar-refractivity contribution in [3.63, 3.8) is 0 Å². The van der Waals surface area contributed by atoms with Crippen LogP contribution in [0.5, 0.6) is 0 Å². The van der Waals surface area contributed by atoms with Crippen LogP contribution in [0, 0.1) is 24.0 Å². The lowest BCUT2D eigenvalue weighted by atomic mass is 10.1. The van der Waals surface area contributed by atoms with Crippen molar-refractivity contribution in [1.82, 2.24) is 9.29 Å². The van der Waals surface area contributed by atoms with Gasteiger partial charge < -0.3 is 0 Å². The number of rotatable bonds is 5. The normalized spacial score (nSPS) is 13.0. The quantitative estimate of drug-likeness (QED) is 0.611. The zero-order valence-corrected chi connectivity index (χ0v) is 14.7. The maximum absolute atomic E-state index is 13.1. The van der Waals surface area contributed by atoms with Gasteiger partial charge in [0, 0.05) is 31.5 Å². The van der Waals surface area contributed by atoms with E-state index in [-0.39, 0.29) is 4.90 Å². The van der Waals surface area contributed by atoms with Crippen LogP contribution in [-0.2, 0) is 10.0 Å². The van der Waals surface area contributed by atoms with Gasteiger partial charge in [-0.05, 0) is 49.6 Å². The second-order valence-corrected chi connectivity index (χ2v) is 7.52. The molecule has 0 saturated heterocycles. The van der Waals surface area contributed by atoms with Crippen molar-refractivity contribution >= 4 is 15.7 Å². The molecular weight excluding hydrogens is 330 g/mol. The van der Waals surface area contributed by atoms with Gasteiger partial charge in [0.1, 0.15) is 0 Å². The summed E-state index contributed by atoms with van der Waals surface area (Å²) in [5.74, 6) is 0. The van der Waals surface area contributed by atoms with Gasteiger partial charge in [-0.1, -0.05) is 6.07 Å². The minimum absolute atomic E-state index is 0.254. The second-order valence-electron chi connectivity index (χ2n) is 5.59. The molecule has 0 aliphatic heterocycles. The fraction of sp³-hybridized carbons (Fsp3) is 0.312. The molecule has 128 valence electrons. The molecule has 0 fully saturated rings. The topological polar surface area (TPSA) is 93.4 Å². The molecule has 0 amide bonds. The molecule has 0 radical (unpaired) electrons. The Morgan fingerprint density at radius 3 is 2.29 bits per heavy atom. The predicted octanol–water partition coefficient (Wildman–Crippen LogP) is 2.99. The van der Waals surface area contributed by atoms with Gasteiger partial charge in [-0.15, -0.1) is 0 Å². The van der Waals surface area contributed by atoms with Crippen LogP contribution in [0.15, 0.2) is 41.6 Å². The second kappa shape index (κ2) is 6.66. The molecule has 0 unspecified atom stereocenters. The van der Waals surface area contributed by atoms with Crippen LogP contribution in [0.4, 0.5) is 5.69 Å². The molecule has 0 spiro atoms. The monoisotopic (exact) mass is 349 g/mol. The number of sulfonamides is 1. The van der Waals surface area contributed by atoms with Gasteiger partial charge in [-0.25, -0.2) is 8.42 Å². The van der Waals surface area contributed by atoms with Crippen LogP contribution in [0.1, 0.15) is 29.7 Å². The standard InChI is InChI=1S/C16H19N3O4S/c1-11-5-6-15(19(20)21)16(12(11)2)24(22,23)18(4)13(3)14-7-9-17-10-8-14/h5-10,13H,1-4H3/t13-/m0/s1. The Balaban J connectivity index is 2.59. The molecule has 1 aromatic carbocycles. The third kappa shape index (κ3) is 3.15. The first kappa shape index (κ1) is 18.0. The molecule has 0 aliphatic carbocycles. The van der Waals surface area contributed by atoms with E-state index in [0.717, 1.165) is 9.87 Å². The summed E-state index contributed by atoms with van der Waals surface area (Å²) >= 11 is 0. The van der Waals surface area contributed by atoms with Crippen molar-refractivity contribution < 1.29 is 13.3 Å². The summed E-state index contributed by atoms with van der Waals surface area (Å²) < 4.78 is 27.3. The number of aryl methyl sites for hydroxylation is 1. The highest BCUT2D eigenvalue weighted by molar-refractivity contribution is 7.89. The number of pyridine rings is 1. The highest BCUT2D eigenvalue weighted by atomic mass is 32.2. The Morgan fingerprint density at radius 2 is 1.75 bits per heavy atom. The van der Waals surface area contributed by atoms with E-state index in [0.29, 0.717) is 11.1 Å². The molecule has 0 aliphatic rings. The van der Waals surface area contributed by atoms with E-state index < -0.39 is 26.7 Å². The van der Waals surface area contributed by atoms with Crippen molar-refractivity contribution in [3.05, 3.63) is 63.5 Å². The summed E-state index contributed by atoms with van der Waals surface area (Å²) in [5.41, 5.74) is 1.41. The van der Waals surface area contributed by atoms with E-state index in [1.165, 1.54) is 13.1 Å². The summed E-state index contributed by atoms with van der Waals surface area (Å²) in [7, 11) is -2.62. The van der Waals surface area contributed by atoms with Gasteiger partial charge in [-0.2, -0.15) is 4.31 Å². The van der Waals surface area contributed by atoms with E-state index in [9.17, 15) is 18.5 Å². The molecule has 24 heavy (non-hydrogen) atoms. The Labute approximate surface area is 141 Å². The maximum Gasteiger partial charge on any atom is 0.289 e. The van der Waals surface area contributed by atoms with E-state index in [1.807, 2.05) is 0 Å². The average Bonchev–Trinajstić information content (AvgIpc) is 2.56. The van der Waals surface area contributed by atoms with Crippen molar-refractivity contribution in [1.29, 1.82) is 0 Å². The number of aromatic nitrogens is 1. The van der Waals surface area contributed by atoms with E-state index in [2.05, 4.69) is 4.98 Å². The molecule has 0 N–H and O–H groups in total. The smallest absolute Gasteiger partial charge is 0.265 e. The Bertz CT molecular complexity index is 866. The minimum atomic E-state index is -4.04. The highest BCUT2D eigenvalue weighted by Crippen LogP contribution is 2.34. The largest absolute Gasteiger partial charge is 0.289 e. The van der Waals surface area contributed by atoms with Crippen LogP contribution in [0.2, 0.25) is 0 Å². The number of hydrogen-bond acceptors (Lipinski definition) is 5. The molecular formula is C16H19N3O4S. The van der Waals surface area contributed by atoms with Crippen molar-refractivity contribution in [2.75, 3.05) is 7.05 Å². The SMILES string of the molecule is Cc1ccc([N+](=O)[O-])c(S(=O)(=O)N(C)[C@@H](C)c2ccncc2)c1C. The third-order valence-corrected chi connectivity index (χ3v) is 6.33. The number of nitro groups is 1. The summed E-state index contributed by atoms with van der Waals surface area (Å²) in [4.78, 5) is 14.3. The fourth-order valence-electron chi connectivity index (χ4n) is 2.45. The molecule has 8 heteroatoms. The molecule has 1 aromatic heterocycles. The predicted molar refractivity (Wildman–Crippen MR) is 90.2 cm³/mol. The van der Waals surface area contributed by atoms with Crippen LogP contribution in [-0.4, -0.2) is 29.7 Å². The lowest BCUT2D eigenvalue weighted by Gasteiger charge is -2.25. The first-order valence-electron chi connectivity index (χ1n) is 7.30. The zero-order valence-electron chi connectivity index (χ0n) is 13.9. The number of benzene rings is 1. The molecule has 0 saturated carbocycles. The van der Waals surface area contributed by atoms with Crippen molar-refractivity contribution in [3.8, 4) is 0 Å². The number of nitrogens with zero attached hydrogens (tertiary/aromatic N) is 3. The molecule has 2 aromatic rings. The first-order chi connectivity index (χ1) is 11.2. The lowest BCUT2D eigenvalue weighted by Crippen LogP contribution is -2.31. The Hall–Kier alpha value is -2.32. The van der Waals surface area contributed by atoms with Crippen LogP contribution < -0.4 is 0 Å². The van der Waals surface area contributed by atoms with Crippen LogP contribution >= 0.6 is 0 Å². The van der Waals surface area contributed by atoms with E-state index >= 15 is 0 Å². The fourth-order valence-corrected chi connectivity index (χ4v) is 4.23. The van der Waals surface area contributed by atoms with Gasteiger partial charge in [0.15, 0.2) is 4.90 Å². The van der Waals surface area contributed by atoms with Crippen LogP contribution in [0.3, 0.4) is 0 Å². The van der Waals surface area contributed by atoms with Gasteiger partial charge in [0.25, 0.3) is 5.69 Å². The third-order valence-electron chi connectivity index (χ3n) is 4.22. The first-order valence-corrected chi connectivity index (χ1v) is 8.74. The average molecular weight is 349 g/mol. The number of hydrogen-bond donors (Lipinski definition) is 0. The van der Waals surface area contributed by atoms with Crippen molar-refractivity contribution in [2.45, 2.75) is 31.7 Å². The zero-order chi connectivity index (χ0) is 18.1. The maximum atomic E-state index is 13.1. The summed E-state index contributed by atoms with van der Waals surface area (Å²) in [5, 5.41) is 11.3. The summed E-state index contributed by atoms with van der Waals surface area (Å²) in [6.07, 6.45) is 3.15. The highest BCUT2D eigenvalue weighted by Gasteiger charge is 2.34. The molecule has 0 bridgehead atoms. The molecule has 1 atom stereocenters. The number of nitro benzene ring substituents is 1. The van der Waals surface area contributed by atoms with Gasteiger partial charge in [0.05, 0.1) is 4.92 Å². The lowest BCUT2D eigenvalue weighted by molar-refractivity contribution is -0.388.